The Morgan fingerprint density at radius 1 is 0.775 bits per heavy atom. The second-order valence-electron chi connectivity index (χ2n) is 9.57. The minimum Gasteiger partial charge on any atom is -0.444 e. The molecule has 2 N–H and O–H groups in total. The molecule has 1 rings (SSSR count). The molecule has 0 spiro atoms. The van der Waals surface area contributed by atoms with Crippen LogP contribution in [0.5, 0.6) is 0 Å². The average molecular weight is 574 g/mol. The fourth-order valence-corrected chi connectivity index (χ4v) is 3.05. The van der Waals surface area contributed by atoms with Crippen LogP contribution in [0.4, 0.5) is 14.0 Å². The molecule has 0 fully saturated rings. The number of nitrogens with one attached hydrogen (secondary N) is 2. The van der Waals surface area contributed by atoms with Crippen LogP contribution in [0.1, 0.15) is 31.9 Å². The summed E-state index contributed by atoms with van der Waals surface area (Å²) in [7, 11) is 1.61. The molecule has 228 valence electrons. The SMILES string of the molecule is COCCOCCOCCOCCOCCNC(=O)CN(Cc1ccc(CNC(=O)OC(C)(C)C)cc1)C(=O)F. The van der Waals surface area contributed by atoms with E-state index in [-0.39, 0.29) is 26.2 Å². The lowest BCUT2D eigenvalue weighted by molar-refractivity contribution is -0.122. The largest absolute Gasteiger partial charge is 0.444 e. The zero-order valence-corrected chi connectivity index (χ0v) is 24.0. The second kappa shape index (κ2) is 21.0. The van der Waals surface area contributed by atoms with Gasteiger partial charge >= 0.3 is 12.3 Å². The van der Waals surface area contributed by atoms with Crippen molar-refractivity contribution in [3.05, 3.63) is 35.4 Å². The number of carbonyl (C=O) groups excluding carboxylic acids is 3. The Hall–Kier alpha value is -2.84. The van der Waals surface area contributed by atoms with E-state index in [1.807, 2.05) is 0 Å². The van der Waals surface area contributed by atoms with Gasteiger partial charge in [-0.25, -0.2) is 9.59 Å². The first-order valence-electron chi connectivity index (χ1n) is 13.2. The molecule has 0 aliphatic rings. The Morgan fingerprint density at radius 3 is 1.77 bits per heavy atom. The van der Waals surface area contributed by atoms with Gasteiger partial charge < -0.3 is 44.0 Å². The van der Waals surface area contributed by atoms with Crippen LogP contribution < -0.4 is 10.6 Å². The summed E-state index contributed by atoms with van der Waals surface area (Å²) in [5, 5.41) is 5.24. The van der Waals surface area contributed by atoms with E-state index in [9.17, 15) is 18.8 Å². The molecule has 12 nitrogen and oxygen atoms in total. The van der Waals surface area contributed by atoms with E-state index >= 15 is 0 Å². The van der Waals surface area contributed by atoms with E-state index < -0.39 is 30.3 Å². The van der Waals surface area contributed by atoms with Gasteiger partial charge in [-0.15, -0.1) is 4.39 Å². The molecule has 0 saturated heterocycles. The predicted octanol–water partition coefficient (Wildman–Crippen LogP) is 2.43. The van der Waals surface area contributed by atoms with E-state index in [1.165, 1.54) is 0 Å². The van der Waals surface area contributed by atoms with Crippen molar-refractivity contribution in [1.82, 2.24) is 15.5 Å². The van der Waals surface area contributed by atoms with Gasteiger partial charge in [-0.3, -0.25) is 4.79 Å². The Kier molecular flexibility index (Phi) is 18.5. The van der Waals surface area contributed by atoms with Crippen LogP contribution in [0.25, 0.3) is 0 Å². The van der Waals surface area contributed by atoms with Crippen LogP contribution in [0, 0.1) is 0 Å². The van der Waals surface area contributed by atoms with E-state index in [0.717, 1.165) is 10.5 Å². The summed E-state index contributed by atoms with van der Waals surface area (Å²) in [6, 6.07) is 6.87. The maximum atomic E-state index is 13.5. The molecular weight excluding hydrogens is 529 g/mol. The predicted molar refractivity (Wildman–Crippen MR) is 145 cm³/mol. The maximum Gasteiger partial charge on any atom is 0.407 e. The third-order valence-corrected chi connectivity index (χ3v) is 4.93. The van der Waals surface area contributed by atoms with Crippen molar-refractivity contribution in [2.75, 3.05) is 79.7 Å². The number of methoxy groups -OCH3 is 1. The van der Waals surface area contributed by atoms with Gasteiger partial charge in [0, 0.05) is 26.7 Å². The third-order valence-electron chi connectivity index (χ3n) is 4.93. The van der Waals surface area contributed by atoms with Gasteiger partial charge in [-0.2, -0.15) is 0 Å². The van der Waals surface area contributed by atoms with Crippen LogP contribution in [0.15, 0.2) is 24.3 Å². The van der Waals surface area contributed by atoms with Gasteiger partial charge in [0.1, 0.15) is 12.1 Å². The number of carbonyl (C=O) groups is 3. The fraction of sp³-hybridized carbons (Fsp3) is 0.667. The van der Waals surface area contributed by atoms with Crippen LogP contribution >= 0.6 is 0 Å². The van der Waals surface area contributed by atoms with E-state index in [0.29, 0.717) is 58.4 Å². The van der Waals surface area contributed by atoms with Gasteiger partial charge in [0.05, 0.1) is 59.5 Å². The first-order valence-corrected chi connectivity index (χ1v) is 13.2. The van der Waals surface area contributed by atoms with Crippen LogP contribution in [-0.4, -0.2) is 108 Å². The van der Waals surface area contributed by atoms with Crippen molar-refractivity contribution in [1.29, 1.82) is 0 Å². The van der Waals surface area contributed by atoms with Gasteiger partial charge in [0.15, 0.2) is 0 Å². The highest BCUT2D eigenvalue weighted by Crippen LogP contribution is 2.10. The molecule has 0 aliphatic carbocycles. The number of alkyl carbamates (subject to hydrolysis) is 1. The average Bonchev–Trinajstić information content (AvgIpc) is 2.89. The summed E-state index contributed by atoms with van der Waals surface area (Å²) in [5.41, 5.74) is 0.828. The van der Waals surface area contributed by atoms with Gasteiger partial charge in [-0.05, 0) is 31.9 Å². The molecule has 1 aromatic carbocycles. The maximum absolute atomic E-state index is 13.5. The Labute approximate surface area is 235 Å². The standard InChI is InChI=1S/C27H44FN3O9/c1-27(2,3)40-26(34)30-19-22-5-7-23(8-6-22)20-31(25(28)33)21-24(32)29-9-10-36-13-14-38-17-18-39-16-15-37-12-11-35-4/h5-8H,9-21H2,1-4H3,(H,29,32)(H,30,34). The lowest BCUT2D eigenvalue weighted by atomic mass is 10.1. The van der Waals surface area contributed by atoms with Crippen molar-refractivity contribution in [2.24, 2.45) is 0 Å². The van der Waals surface area contributed by atoms with Crippen LogP contribution in [0.3, 0.4) is 0 Å². The molecule has 3 amide bonds. The molecule has 13 heteroatoms. The summed E-state index contributed by atoms with van der Waals surface area (Å²) in [6.07, 6.45) is -2.24. The smallest absolute Gasteiger partial charge is 0.407 e. The number of hydrogen-bond donors (Lipinski definition) is 2. The summed E-state index contributed by atoms with van der Waals surface area (Å²) in [4.78, 5) is 36.1. The van der Waals surface area contributed by atoms with Gasteiger partial charge in [0.25, 0.3) is 0 Å². The number of benzene rings is 1. The van der Waals surface area contributed by atoms with Crippen molar-refractivity contribution >= 4 is 18.2 Å². The van der Waals surface area contributed by atoms with Gasteiger partial charge in [0.2, 0.25) is 5.91 Å². The highest BCUT2D eigenvalue weighted by molar-refractivity contribution is 5.81. The molecule has 1 aromatic rings. The first kappa shape index (κ1) is 35.2. The molecule has 0 heterocycles. The highest BCUT2D eigenvalue weighted by atomic mass is 19.1. The Bertz CT molecular complexity index is 851. The van der Waals surface area contributed by atoms with Crippen LogP contribution in [0.2, 0.25) is 0 Å². The van der Waals surface area contributed by atoms with Gasteiger partial charge in [-0.1, -0.05) is 24.3 Å². The molecule has 0 bridgehead atoms. The number of rotatable bonds is 21. The Morgan fingerprint density at radius 2 is 1.27 bits per heavy atom. The monoisotopic (exact) mass is 573 g/mol. The van der Waals surface area contributed by atoms with Crippen molar-refractivity contribution < 1.29 is 47.2 Å². The lowest BCUT2D eigenvalue weighted by Crippen LogP contribution is -2.39. The minimum atomic E-state index is -1.71. The number of halogens is 1. The van der Waals surface area contributed by atoms with E-state index in [4.69, 9.17) is 28.4 Å². The quantitative estimate of drug-likeness (QED) is 0.129. The van der Waals surface area contributed by atoms with Crippen molar-refractivity contribution in [2.45, 2.75) is 39.5 Å². The molecule has 0 radical (unpaired) electrons. The fourth-order valence-electron chi connectivity index (χ4n) is 3.05. The normalized spacial score (nSPS) is 11.2. The number of ether oxygens (including phenoxy) is 6. The summed E-state index contributed by atoms with van der Waals surface area (Å²) < 4.78 is 45.0. The molecule has 40 heavy (non-hydrogen) atoms. The lowest BCUT2D eigenvalue weighted by Gasteiger charge is -2.20. The Balaban J connectivity index is 2.16. The highest BCUT2D eigenvalue weighted by Gasteiger charge is 2.18. The van der Waals surface area contributed by atoms with Crippen molar-refractivity contribution in [3.63, 3.8) is 0 Å². The molecule has 0 aromatic heterocycles. The topological polar surface area (TPSA) is 134 Å². The van der Waals surface area contributed by atoms with E-state index in [2.05, 4.69) is 10.6 Å². The second-order valence-corrected chi connectivity index (χ2v) is 9.57. The molecular formula is C27H44FN3O9. The zero-order valence-electron chi connectivity index (χ0n) is 24.0. The third kappa shape index (κ3) is 19.3. The summed E-state index contributed by atoms with van der Waals surface area (Å²) in [6.45, 7) is 9.16. The molecule has 0 unspecified atom stereocenters. The first-order chi connectivity index (χ1) is 19.1. The molecule has 0 saturated carbocycles. The molecule has 0 aliphatic heterocycles. The number of nitrogens with zero attached hydrogens (tertiary/aromatic N) is 1. The number of amides is 3. The zero-order chi connectivity index (χ0) is 29.6. The van der Waals surface area contributed by atoms with E-state index in [1.54, 1.807) is 52.1 Å². The summed E-state index contributed by atoms with van der Waals surface area (Å²) >= 11 is 0. The van der Waals surface area contributed by atoms with Crippen molar-refractivity contribution in [3.8, 4) is 0 Å². The summed E-state index contributed by atoms with van der Waals surface area (Å²) in [5.74, 6) is -0.507. The minimum absolute atomic E-state index is 0.0824. The van der Waals surface area contributed by atoms with Crippen LogP contribution in [-0.2, 0) is 46.3 Å². The number of hydrogen-bond acceptors (Lipinski definition) is 9. The molecule has 0 atom stereocenters.